The normalized spacial score (nSPS) is 25.2. The number of methoxy groups -OCH3 is 1. The minimum Gasteiger partial charge on any atom is -0.497 e. The van der Waals surface area contributed by atoms with Gasteiger partial charge in [0.25, 0.3) is 0 Å². The van der Waals surface area contributed by atoms with Crippen molar-refractivity contribution >= 4 is 0 Å². The van der Waals surface area contributed by atoms with E-state index in [9.17, 15) is 5.11 Å². The molecule has 1 aromatic carbocycles. The molecule has 0 saturated heterocycles. The first-order chi connectivity index (χ1) is 8.09. The van der Waals surface area contributed by atoms with E-state index in [1.165, 1.54) is 11.1 Å². The van der Waals surface area contributed by atoms with Gasteiger partial charge in [0.05, 0.1) is 12.7 Å². The summed E-state index contributed by atoms with van der Waals surface area (Å²) in [5.41, 5.74) is 2.07. The monoisotopic (exact) mass is 234 g/mol. The molecule has 0 spiro atoms. The lowest BCUT2D eigenvalue weighted by Crippen LogP contribution is -2.41. The van der Waals surface area contributed by atoms with E-state index < -0.39 is 5.60 Å². The maximum Gasteiger partial charge on any atom is 0.119 e. The molecule has 2 rings (SSSR count). The summed E-state index contributed by atoms with van der Waals surface area (Å²) in [6, 6.07) is 6.21. The van der Waals surface area contributed by atoms with E-state index in [1.54, 1.807) is 7.11 Å². The van der Waals surface area contributed by atoms with Crippen LogP contribution in [-0.2, 0) is 12.8 Å². The van der Waals surface area contributed by atoms with E-state index in [-0.39, 0.29) is 0 Å². The molecule has 94 valence electrons. The van der Waals surface area contributed by atoms with Crippen LogP contribution in [-0.4, -0.2) is 17.8 Å². The van der Waals surface area contributed by atoms with Gasteiger partial charge < -0.3 is 9.84 Å². The fraction of sp³-hybridized carbons (Fsp3) is 0.600. The van der Waals surface area contributed by atoms with Crippen LogP contribution < -0.4 is 4.74 Å². The molecular formula is C15H22O2. The Morgan fingerprint density at radius 3 is 2.82 bits per heavy atom. The molecule has 0 fully saturated rings. The Labute approximate surface area is 104 Å². The van der Waals surface area contributed by atoms with Gasteiger partial charge in [-0.2, -0.15) is 0 Å². The van der Waals surface area contributed by atoms with Crippen molar-refractivity contribution in [3.05, 3.63) is 29.3 Å². The lowest BCUT2D eigenvalue weighted by Gasteiger charge is -2.38. The molecule has 1 aliphatic carbocycles. The highest BCUT2D eigenvalue weighted by molar-refractivity contribution is 5.38. The minimum atomic E-state index is -0.534. The van der Waals surface area contributed by atoms with Gasteiger partial charge in [0, 0.05) is 6.42 Å². The highest BCUT2D eigenvalue weighted by atomic mass is 16.5. The van der Waals surface area contributed by atoms with Gasteiger partial charge in [-0.25, -0.2) is 0 Å². The minimum absolute atomic E-state index is 0.349. The first kappa shape index (κ1) is 12.4. The fourth-order valence-electron chi connectivity index (χ4n) is 2.71. The van der Waals surface area contributed by atoms with Gasteiger partial charge in [0.2, 0.25) is 0 Å². The largest absolute Gasteiger partial charge is 0.497 e. The van der Waals surface area contributed by atoms with Gasteiger partial charge in [-0.05, 0) is 42.0 Å². The lowest BCUT2D eigenvalue weighted by atomic mass is 9.73. The summed E-state index contributed by atoms with van der Waals surface area (Å²) in [4.78, 5) is 0. The van der Waals surface area contributed by atoms with Crippen LogP contribution in [0.15, 0.2) is 18.2 Å². The summed E-state index contributed by atoms with van der Waals surface area (Å²) in [5, 5.41) is 10.7. The number of hydrogen-bond acceptors (Lipinski definition) is 2. The Morgan fingerprint density at radius 2 is 2.18 bits per heavy atom. The van der Waals surface area contributed by atoms with Gasteiger partial charge in [0.1, 0.15) is 5.75 Å². The number of ether oxygens (including phenoxy) is 1. The smallest absolute Gasteiger partial charge is 0.119 e. The molecule has 0 bridgehead atoms. The highest BCUT2D eigenvalue weighted by Crippen LogP contribution is 2.36. The summed E-state index contributed by atoms with van der Waals surface area (Å²) in [5.74, 6) is 1.24. The molecule has 2 atom stereocenters. The van der Waals surface area contributed by atoms with Gasteiger partial charge in [-0.1, -0.05) is 26.3 Å². The van der Waals surface area contributed by atoms with E-state index in [0.29, 0.717) is 5.92 Å². The molecule has 0 heterocycles. The molecule has 1 aromatic rings. The maximum atomic E-state index is 10.7. The van der Waals surface area contributed by atoms with Crippen LogP contribution in [0.2, 0.25) is 0 Å². The summed E-state index contributed by atoms with van der Waals surface area (Å²) in [7, 11) is 1.69. The standard InChI is InChI=1S/C15H22O2/c1-4-11(2)15(16)8-7-12-5-6-14(17-3)9-13(12)10-15/h5-6,9,11,16H,4,7-8,10H2,1-3H3. The first-order valence-electron chi connectivity index (χ1n) is 6.47. The first-order valence-corrected chi connectivity index (χ1v) is 6.47. The summed E-state index contributed by atoms with van der Waals surface area (Å²) < 4.78 is 5.25. The second-order valence-electron chi connectivity index (χ2n) is 5.22. The van der Waals surface area contributed by atoms with Gasteiger partial charge in [0.15, 0.2) is 0 Å². The molecule has 2 heteroatoms. The molecule has 2 nitrogen and oxygen atoms in total. The average Bonchev–Trinajstić information content (AvgIpc) is 2.36. The summed E-state index contributed by atoms with van der Waals surface area (Å²) in [6.45, 7) is 4.29. The van der Waals surface area contributed by atoms with Crippen molar-refractivity contribution < 1.29 is 9.84 Å². The average molecular weight is 234 g/mol. The van der Waals surface area contributed by atoms with Crippen molar-refractivity contribution in [2.45, 2.75) is 45.1 Å². The van der Waals surface area contributed by atoms with Crippen LogP contribution in [0, 0.1) is 5.92 Å². The Balaban J connectivity index is 2.28. The van der Waals surface area contributed by atoms with Crippen molar-refractivity contribution in [1.82, 2.24) is 0 Å². The Bertz CT molecular complexity index is 400. The van der Waals surface area contributed by atoms with E-state index in [0.717, 1.165) is 31.4 Å². The van der Waals surface area contributed by atoms with Crippen molar-refractivity contribution in [2.24, 2.45) is 5.92 Å². The zero-order valence-electron chi connectivity index (χ0n) is 11.0. The van der Waals surface area contributed by atoms with Crippen LogP contribution in [0.5, 0.6) is 5.75 Å². The quantitative estimate of drug-likeness (QED) is 0.871. The molecule has 0 saturated carbocycles. The zero-order chi connectivity index (χ0) is 12.5. The number of fused-ring (bicyclic) bond motifs is 1. The molecule has 0 aromatic heterocycles. The van der Waals surface area contributed by atoms with Crippen LogP contribution >= 0.6 is 0 Å². The van der Waals surface area contributed by atoms with Gasteiger partial charge in [-0.3, -0.25) is 0 Å². The zero-order valence-corrected chi connectivity index (χ0v) is 11.0. The third-order valence-electron chi connectivity index (χ3n) is 4.27. The van der Waals surface area contributed by atoms with Crippen LogP contribution in [0.25, 0.3) is 0 Å². The summed E-state index contributed by atoms with van der Waals surface area (Å²) >= 11 is 0. The Morgan fingerprint density at radius 1 is 1.41 bits per heavy atom. The van der Waals surface area contributed by atoms with Crippen LogP contribution in [0.4, 0.5) is 0 Å². The molecule has 0 aliphatic heterocycles. The molecule has 0 amide bonds. The Kier molecular flexibility index (Phi) is 3.43. The molecule has 1 N–H and O–H groups in total. The van der Waals surface area contributed by atoms with Gasteiger partial charge >= 0.3 is 0 Å². The van der Waals surface area contributed by atoms with Crippen LogP contribution in [0.3, 0.4) is 0 Å². The molecule has 1 aliphatic rings. The number of hydrogen-bond donors (Lipinski definition) is 1. The van der Waals surface area contributed by atoms with E-state index in [2.05, 4.69) is 26.0 Å². The second kappa shape index (κ2) is 4.69. The van der Waals surface area contributed by atoms with Crippen molar-refractivity contribution in [3.8, 4) is 5.75 Å². The fourth-order valence-corrected chi connectivity index (χ4v) is 2.71. The third kappa shape index (κ3) is 2.32. The van der Waals surface area contributed by atoms with Crippen molar-refractivity contribution in [3.63, 3.8) is 0 Å². The highest BCUT2D eigenvalue weighted by Gasteiger charge is 2.36. The third-order valence-corrected chi connectivity index (χ3v) is 4.27. The van der Waals surface area contributed by atoms with E-state index in [1.807, 2.05) is 6.07 Å². The predicted octanol–water partition coefficient (Wildman–Crippen LogP) is 2.96. The van der Waals surface area contributed by atoms with Crippen LogP contribution in [0.1, 0.15) is 37.8 Å². The SMILES string of the molecule is CCC(C)C1(O)CCc2ccc(OC)cc2C1. The topological polar surface area (TPSA) is 29.5 Å². The lowest BCUT2D eigenvalue weighted by molar-refractivity contribution is -0.0253. The summed E-state index contributed by atoms with van der Waals surface area (Å²) in [6.07, 6.45) is 3.63. The van der Waals surface area contributed by atoms with Crippen molar-refractivity contribution in [1.29, 1.82) is 0 Å². The second-order valence-corrected chi connectivity index (χ2v) is 5.22. The predicted molar refractivity (Wildman–Crippen MR) is 69.4 cm³/mol. The van der Waals surface area contributed by atoms with E-state index in [4.69, 9.17) is 4.74 Å². The maximum absolute atomic E-state index is 10.7. The molecule has 17 heavy (non-hydrogen) atoms. The molecule has 2 unspecified atom stereocenters. The molecular weight excluding hydrogens is 212 g/mol. The van der Waals surface area contributed by atoms with Crippen molar-refractivity contribution in [2.75, 3.05) is 7.11 Å². The van der Waals surface area contributed by atoms with Gasteiger partial charge in [-0.15, -0.1) is 0 Å². The van der Waals surface area contributed by atoms with E-state index >= 15 is 0 Å². The Hall–Kier alpha value is -1.02. The number of aliphatic hydroxyl groups is 1. The number of benzene rings is 1. The number of aryl methyl sites for hydroxylation is 1. The number of rotatable bonds is 3. The molecule has 0 radical (unpaired) electrons.